The molecular weight excluding hydrogens is 1080 g/mol. The molecule has 3 N–H and O–H groups in total. The maximum absolute atomic E-state index is 12.9. The lowest BCUT2D eigenvalue weighted by molar-refractivity contribution is -0.161. The molecular formula is C62H120O17P2. The van der Waals surface area contributed by atoms with Gasteiger partial charge in [0.05, 0.1) is 26.4 Å². The number of aliphatic hydroxyl groups is 1. The fraction of sp³-hybridized carbons (Fsp3) is 0.935. The number of unbranched alkanes of at least 4 members (excludes halogenated alkanes) is 22. The lowest BCUT2D eigenvalue weighted by atomic mass is 9.99. The van der Waals surface area contributed by atoms with Crippen molar-refractivity contribution in [1.29, 1.82) is 0 Å². The van der Waals surface area contributed by atoms with E-state index in [1.807, 2.05) is 0 Å². The van der Waals surface area contributed by atoms with Crippen LogP contribution in [0.15, 0.2) is 0 Å². The Morgan fingerprint density at radius 2 is 0.593 bits per heavy atom. The Morgan fingerprint density at radius 3 is 0.877 bits per heavy atom. The molecule has 0 saturated carbocycles. The van der Waals surface area contributed by atoms with Crippen LogP contribution >= 0.6 is 15.6 Å². The van der Waals surface area contributed by atoms with Crippen LogP contribution in [0.4, 0.5) is 0 Å². The Morgan fingerprint density at radius 1 is 0.346 bits per heavy atom. The first-order chi connectivity index (χ1) is 38.7. The minimum Gasteiger partial charge on any atom is -0.462 e. The molecule has 5 unspecified atom stereocenters. The van der Waals surface area contributed by atoms with Gasteiger partial charge in [-0.3, -0.25) is 37.3 Å². The topological polar surface area (TPSA) is 237 Å². The third kappa shape index (κ3) is 53.3. The van der Waals surface area contributed by atoms with Gasteiger partial charge in [-0.1, -0.05) is 242 Å². The van der Waals surface area contributed by atoms with Crippen molar-refractivity contribution in [1.82, 2.24) is 0 Å². The molecule has 0 amide bonds. The summed E-state index contributed by atoms with van der Waals surface area (Å²) in [5.41, 5.74) is 0. The maximum atomic E-state index is 12.9. The van der Waals surface area contributed by atoms with Crippen LogP contribution in [0.3, 0.4) is 0 Å². The van der Waals surface area contributed by atoms with Crippen molar-refractivity contribution in [3.8, 4) is 0 Å². The summed E-state index contributed by atoms with van der Waals surface area (Å²) in [5.74, 6) is 0.753. The first kappa shape index (κ1) is 79.1. The summed E-state index contributed by atoms with van der Waals surface area (Å²) in [6, 6.07) is 0. The van der Waals surface area contributed by atoms with E-state index in [9.17, 15) is 43.2 Å². The minimum absolute atomic E-state index is 0.100. The van der Waals surface area contributed by atoms with Gasteiger partial charge in [0.1, 0.15) is 19.3 Å². The molecule has 0 spiro atoms. The van der Waals surface area contributed by atoms with E-state index in [2.05, 4.69) is 55.4 Å². The van der Waals surface area contributed by atoms with Crippen LogP contribution in [0, 0.1) is 23.7 Å². The zero-order valence-electron chi connectivity index (χ0n) is 52.4. The number of phosphoric ester groups is 2. The molecule has 0 rings (SSSR count). The Kier molecular flexibility index (Phi) is 51.1. The SMILES string of the molecule is CCC(C)CCCCCCCCCCC(=O)O[C@H](COC(=O)CCCCCCCCC(C)CC)COP(=O)(O)OC[C@@H](O)COP(=O)(O)OC[C@@H](COC(=O)CCCCCCCCC(C)CC)OC(=O)CCCCCCCCC(C)C. The number of aliphatic hydroxyl groups excluding tert-OH is 1. The molecule has 0 aromatic rings. The Balaban J connectivity index is 5.26. The molecule has 0 heterocycles. The van der Waals surface area contributed by atoms with Gasteiger partial charge < -0.3 is 33.8 Å². The lowest BCUT2D eigenvalue weighted by Crippen LogP contribution is -2.30. The van der Waals surface area contributed by atoms with Crippen LogP contribution in [0.1, 0.15) is 293 Å². The monoisotopic (exact) mass is 1200 g/mol. The molecule has 0 aliphatic heterocycles. The van der Waals surface area contributed by atoms with Gasteiger partial charge in [-0.25, -0.2) is 9.13 Å². The number of carbonyl (C=O) groups excluding carboxylic acids is 4. The molecule has 480 valence electrons. The third-order valence-corrected chi connectivity index (χ3v) is 17.1. The largest absolute Gasteiger partial charge is 0.472 e. The van der Waals surface area contributed by atoms with Gasteiger partial charge in [0.15, 0.2) is 12.2 Å². The summed E-state index contributed by atoms with van der Waals surface area (Å²) in [6.07, 6.45) is 30.9. The zero-order chi connectivity index (χ0) is 60.4. The van der Waals surface area contributed by atoms with Gasteiger partial charge in [-0.05, 0) is 49.4 Å². The average molecular weight is 1200 g/mol. The molecule has 19 heteroatoms. The number of ether oxygens (including phenoxy) is 4. The summed E-state index contributed by atoms with van der Waals surface area (Å²) < 4.78 is 67.9. The van der Waals surface area contributed by atoms with Crippen LogP contribution in [0.2, 0.25) is 0 Å². The van der Waals surface area contributed by atoms with Gasteiger partial charge in [0.2, 0.25) is 0 Å². The molecule has 0 aliphatic carbocycles. The van der Waals surface area contributed by atoms with E-state index in [4.69, 9.17) is 37.0 Å². The van der Waals surface area contributed by atoms with Gasteiger partial charge in [-0.2, -0.15) is 0 Å². The summed E-state index contributed by atoms with van der Waals surface area (Å²) in [6.45, 7) is 13.9. The molecule has 0 fully saturated rings. The highest BCUT2D eigenvalue weighted by atomic mass is 31.2. The van der Waals surface area contributed by atoms with Crippen LogP contribution in [-0.4, -0.2) is 96.7 Å². The van der Waals surface area contributed by atoms with E-state index in [1.54, 1.807) is 0 Å². The highest BCUT2D eigenvalue weighted by Gasteiger charge is 2.30. The predicted octanol–water partition coefficient (Wildman–Crippen LogP) is 16.6. The van der Waals surface area contributed by atoms with Crippen LogP contribution in [0.5, 0.6) is 0 Å². The molecule has 17 nitrogen and oxygen atoms in total. The number of phosphoric acid groups is 2. The highest BCUT2D eigenvalue weighted by Crippen LogP contribution is 2.45. The standard InChI is InChI=1S/C62H120O17P2/c1-9-53(6)39-31-23-14-12-13-15-28-36-44-61(66)78-57(48-72-59(64)42-34-26-20-17-24-32-40-54(7)10-2)50-76-80(68,69)74-46-56(63)47-75-81(70,71)77-51-58(79-62(67)45-37-29-19-16-22-30-38-52(4)5)49-73-60(65)43-35-27-21-18-25-33-41-55(8)11-3/h52-58,63H,9-51H2,1-8H3,(H,68,69)(H,70,71)/t53?,54?,55?,56-,57-,58-/m1/s1. The minimum atomic E-state index is -4.94. The van der Waals surface area contributed by atoms with Gasteiger partial charge in [-0.15, -0.1) is 0 Å². The summed E-state index contributed by atoms with van der Waals surface area (Å²) >= 11 is 0. The smallest absolute Gasteiger partial charge is 0.462 e. The quantitative estimate of drug-likeness (QED) is 0.0222. The van der Waals surface area contributed by atoms with Gasteiger partial charge >= 0.3 is 39.5 Å². The van der Waals surface area contributed by atoms with Gasteiger partial charge in [0.25, 0.3) is 0 Å². The van der Waals surface area contributed by atoms with Crippen molar-refractivity contribution < 1.29 is 80.2 Å². The van der Waals surface area contributed by atoms with E-state index < -0.39 is 97.5 Å². The van der Waals surface area contributed by atoms with E-state index in [1.165, 1.54) is 83.5 Å². The predicted molar refractivity (Wildman–Crippen MR) is 321 cm³/mol. The van der Waals surface area contributed by atoms with Crippen molar-refractivity contribution >= 4 is 39.5 Å². The zero-order valence-corrected chi connectivity index (χ0v) is 54.2. The molecule has 0 aromatic heterocycles. The Bertz CT molecular complexity index is 1630. The molecule has 0 radical (unpaired) electrons. The molecule has 81 heavy (non-hydrogen) atoms. The van der Waals surface area contributed by atoms with Crippen LogP contribution in [0.25, 0.3) is 0 Å². The summed E-state index contributed by atoms with van der Waals surface area (Å²) in [7, 11) is -9.89. The molecule has 0 saturated heterocycles. The van der Waals surface area contributed by atoms with Crippen molar-refractivity contribution in [2.24, 2.45) is 23.7 Å². The lowest BCUT2D eigenvalue weighted by Gasteiger charge is -2.21. The van der Waals surface area contributed by atoms with Crippen LogP contribution in [-0.2, 0) is 65.4 Å². The molecule has 0 aliphatic rings. The fourth-order valence-corrected chi connectivity index (χ4v) is 10.6. The van der Waals surface area contributed by atoms with Crippen LogP contribution < -0.4 is 0 Å². The first-order valence-corrected chi connectivity index (χ1v) is 35.3. The molecule has 0 bridgehead atoms. The Hall–Kier alpha value is -1.94. The van der Waals surface area contributed by atoms with Crippen molar-refractivity contribution in [3.63, 3.8) is 0 Å². The maximum Gasteiger partial charge on any atom is 0.472 e. The normalized spacial score (nSPS) is 15.5. The number of hydrogen-bond acceptors (Lipinski definition) is 15. The molecule has 0 aromatic carbocycles. The second-order valence-electron chi connectivity index (χ2n) is 23.6. The number of carbonyl (C=O) groups is 4. The first-order valence-electron chi connectivity index (χ1n) is 32.3. The highest BCUT2D eigenvalue weighted by molar-refractivity contribution is 7.47. The van der Waals surface area contributed by atoms with E-state index >= 15 is 0 Å². The summed E-state index contributed by atoms with van der Waals surface area (Å²) in [5, 5.41) is 10.5. The number of rotatable bonds is 59. The average Bonchev–Trinajstić information content (AvgIpc) is 3.43. The molecule has 8 atom stereocenters. The number of hydrogen-bond donors (Lipinski definition) is 3. The van der Waals surface area contributed by atoms with Crippen molar-refractivity contribution in [2.75, 3.05) is 39.6 Å². The number of esters is 4. The fourth-order valence-electron chi connectivity index (χ4n) is 8.98. The second kappa shape index (κ2) is 52.4. The van der Waals surface area contributed by atoms with E-state index in [-0.39, 0.29) is 25.7 Å². The Labute approximate surface area is 492 Å². The van der Waals surface area contributed by atoms with E-state index in [0.717, 1.165) is 120 Å². The van der Waals surface area contributed by atoms with E-state index in [0.29, 0.717) is 31.6 Å². The second-order valence-corrected chi connectivity index (χ2v) is 26.6. The summed E-state index contributed by atoms with van der Waals surface area (Å²) in [4.78, 5) is 72.1. The van der Waals surface area contributed by atoms with Gasteiger partial charge in [0, 0.05) is 25.7 Å². The third-order valence-electron chi connectivity index (χ3n) is 15.2. The van der Waals surface area contributed by atoms with Crippen molar-refractivity contribution in [2.45, 2.75) is 311 Å². The van der Waals surface area contributed by atoms with Crippen molar-refractivity contribution in [3.05, 3.63) is 0 Å².